The van der Waals surface area contributed by atoms with Gasteiger partial charge < -0.3 is 0 Å². The lowest BCUT2D eigenvalue weighted by Gasteiger charge is -2.05. The van der Waals surface area contributed by atoms with Gasteiger partial charge in [0.05, 0.1) is 8.95 Å². The van der Waals surface area contributed by atoms with Gasteiger partial charge >= 0.3 is 0 Å². The average Bonchev–Trinajstić information content (AvgIpc) is 2.08. The number of ketones is 1. The van der Waals surface area contributed by atoms with Crippen molar-refractivity contribution < 1.29 is 4.79 Å². The molecule has 1 unspecified atom stereocenters. The minimum absolute atomic E-state index is 0.00750. The van der Waals surface area contributed by atoms with Gasteiger partial charge in [-0.05, 0) is 25.1 Å². The summed E-state index contributed by atoms with van der Waals surface area (Å²) in [7, 11) is 0. The summed E-state index contributed by atoms with van der Waals surface area (Å²) in [5.41, 5.74) is 0.496. The average molecular weight is 329 g/mol. The molecule has 0 aliphatic carbocycles. The molecular weight excluding hydrogens is 322 g/mol. The first kappa shape index (κ1) is 11.3. The van der Waals surface area contributed by atoms with Gasteiger partial charge in [0.1, 0.15) is 0 Å². The van der Waals surface area contributed by atoms with Crippen molar-refractivity contribution in [2.24, 2.45) is 0 Å². The van der Waals surface area contributed by atoms with Crippen LogP contribution in [0.2, 0.25) is 10.0 Å². The third-order valence-corrected chi connectivity index (χ3v) is 2.69. The van der Waals surface area contributed by atoms with Crippen molar-refractivity contribution in [1.29, 1.82) is 0 Å². The summed E-state index contributed by atoms with van der Waals surface area (Å²) < 4.78 is -0.0893. The molecule has 1 rings (SSSR count). The van der Waals surface area contributed by atoms with Crippen LogP contribution in [0.25, 0.3) is 0 Å². The molecule has 0 aliphatic heterocycles. The zero-order chi connectivity index (χ0) is 10.0. The molecule has 1 atom stereocenters. The van der Waals surface area contributed by atoms with Crippen LogP contribution in [0.3, 0.4) is 0 Å². The second-order valence-electron chi connectivity index (χ2n) is 2.60. The molecule has 0 fully saturated rings. The summed E-state index contributed by atoms with van der Waals surface area (Å²) in [6.45, 7) is 1.82. The zero-order valence-electron chi connectivity index (χ0n) is 6.85. The Hall–Kier alpha value is 0.200. The molecule has 1 nitrogen and oxygen atoms in total. The molecule has 0 saturated carbocycles. The van der Waals surface area contributed by atoms with Crippen LogP contribution >= 0.6 is 45.8 Å². The fourth-order valence-corrected chi connectivity index (χ4v) is 1.62. The van der Waals surface area contributed by atoms with Gasteiger partial charge in [-0.2, -0.15) is 0 Å². The number of benzene rings is 1. The number of carbonyl (C=O) groups excluding carboxylic acids is 1. The van der Waals surface area contributed by atoms with Gasteiger partial charge in [-0.3, -0.25) is 4.79 Å². The molecule has 0 heterocycles. The Labute approximate surface area is 101 Å². The summed E-state index contributed by atoms with van der Waals surface area (Å²) in [4.78, 5) is 11.6. The molecule has 0 saturated heterocycles. The Bertz CT molecular complexity index is 336. The fourth-order valence-electron chi connectivity index (χ4n) is 0.901. The van der Waals surface area contributed by atoms with Gasteiger partial charge in [0.25, 0.3) is 0 Å². The van der Waals surface area contributed by atoms with Gasteiger partial charge in [-0.15, -0.1) is 0 Å². The van der Waals surface area contributed by atoms with Crippen molar-refractivity contribution in [1.82, 2.24) is 0 Å². The van der Waals surface area contributed by atoms with E-state index in [4.69, 9.17) is 23.2 Å². The molecule has 0 spiro atoms. The third kappa shape index (κ3) is 2.82. The summed E-state index contributed by atoms with van der Waals surface area (Å²) in [5, 5.41) is 0.989. The maximum atomic E-state index is 11.6. The van der Waals surface area contributed by atoms with E-state index in [1.54, 1.807) is 18.2 Å². The van der Waals surface area contributed by atoms with E-state index in [9.17, 15) is 4.79 Å². The Kier molecular flexibility index (Phi) is 4.01. The predicted octanol–water partition coefficient (Wildman–Crippen LogP) is 4.00. The lowest BCUT2D eigenvalue weighted by molar-refractivity contribution is 0.0998. The standard InChI is InChI=1S/C9H7Cl2IO/c1-5(12)9(13)7-4-6(10)2-3-8(7)11/h2-5H,1H3. The molecule has 4 heteroatoms. The highest BCUT2D eigenvalue weighted by Crippen LogP contribution is 2.23. The maximum Gasteiger partial charge on any atom is 0.176 e. The smallest absolute Gasteiger partial charge is 0.176 e. The van der Waals surface area contributed by atoms with Crippen molar-refractivity contribution >= 4 is 51.6 Å². The second-order valence-corrected chi connectivity index (χ2v) is 5.32. The molecule has 0 N–H and O–H groups in total. The summed E-state index contributed by atoms with van der Waals surface area (Å²) >= 11 is 13.7. The van der Waals surface area contributed by atoms with Crippen LogP contribution in [0.5, 0.6) is 0 Å². The fraction of sp³-hybridized carbons (Fsp3) is 0.222. The van der Waals surface area contributed by atoms with E-state index in [0.717, 1.165) is 0 Å². The maximum absolute atomic E-state index is 11.6. The minimum Gasteiger partial charge on any atom is -0.293 e. The topological polar surface area (TPSA) is 17.1 Å². The quantitative estimate of drug-likeness (QED) is 0.455. The Morgan fingerprint density at radius 2 is 2.08 bits per heavy atom. The molecule has 13 heavy (non-hydrogen) atoms. The van der Waals surface area contributed by atoms with Crippen molar-refractivity contribution in [2.45, 2.75) is 10.8 Å². The lowest BCUT2D eigenvalue weighted by Crippen LogP contribution is -2.10. The van der Waals surface area contributed by atoms with Gasteiger partial charge in [0.2, 0.25) is 0 Å². The zero-order valence-corrected chi connectivity index (χ0v) is 10.5. The van der Waals surface area contributed by atoms with Crippen LogP contribution in [0.15, 0.2) is 18.2 Å². The summed E-state index contributed by atoms with van der Waals surface area (Å²) in [6, 6.07) is 4.90. The van der Waals surface area contributed by atoms with Crippen LogP contribution < -0.4 is 0 Å². The number of alkyl halides is 1. The molecule has 0 aromatic heterocycles. The van der Waals surface area contributed by atoms with Gasteiger partial charge in [0, 0.05) is 10.6 Å². The Morgan fingerprint density at radius 1 is 1.46 bits per heavy atom. The molecule has 1 aromatic carbocycles. The Balaban J connectivity index is 3.13. The van der Waals surface area contributed by atoms with Crippen molar-refractivity contribution in [2.75, 3.05) is 0 Å². The van der Waals surface area contributed by atoms with E-state index in [-0.39, 0.29) is 9.71 Å². The molecule has 1 aromatic rings. The lowest BCUT2D eigenvalue weighted by atomic mass is 10.1. The van der Waals surface area contributed by atoms with E-state index in [1.165, 1.54) is 0 Å². The van der Waals surface area contributed by atoms with Crippen LogP contribution in [0.1, 0.15) is 17.3 Å². The summed E-state index contributed by atoms with van der Waals surface area (Å²) in [6.07, 6.45) is 0. The molecule has 70 valence electrons. The van der Waals surface area contributed by atoms with E-state index < -0.39 is 0 Å². The molecule has 0 radical (unpaired) electrons. The van der Waals surface area contributed by atoms with Gasteiger partial charge in [-0.1, -0.05) is 45.8 Å². The highest BCUT2D eigenvalue weighted by Gasteiger charge is 2.15. The molecular formula is C9H7Cl2IO. The van der Waals surface area contributed by atoms with Gasteiger partial charge in [0.15, 0.2) is 5.78 Å². The van der Waals surface area contributed by atoms with Gasteiger partial charge in [-0.25, -0.2) is 0 Å². The minimum atomic E-state index is -0.0893. The largest absolute Gasteiger partial charge is 0.293 e. The van der Waals surface area contributed by atoms with E-state index in [1.807, 2.05) is 29.5 Å². The molecule has 0 amide bonds. The van der Waals surface area contributed by atoms with Crippen LogP contribution in [0, 0.1) is 0 Å². The van der Waals surface area contributed by atoms with Crippen molar-refractivity contribution in [3.05, 3.63) is 33.8 Å². The molecule has 0 aliphatic rings. The third-order valence-electron chi connectivity index (χ3n) is 1.56. The van der Waals surface area contributed by atoms with E-state index >= 15 is 0 Å². The predicted molar refractivity (Wildman–Crippen MR) is 64.3 cm³/mol. The normalized spacial score (nSPS) is 12.6. The van der Waals surface area contributed by atoms with Crippen molar-refractivity contribution in [3.63, 3.8) is 0 Å². The van der Waals surface area contributed by atoms with Crippen molar-refractivity contribution in [3.8, 4) is 0 Å². The highest BCUT2D eigenvalue weighted by molar-refractivity contribution is 14.1. The highest BCUT2D eigenvalue weighted by atomic mass is 127. The van der Waals surface area contributed by atoms with E-state index in [2.05, 4.69) is 0 Å². The number of Topliss-reactive ketones (excluding diaryl/α,β-unsaturated/α-hetero) is 1. The van der Waals surface area contributed by atoms with Crippen LogP contribution in [0.4, 0.5) is 0 Å². The SMILES string of the molecule is CC(I)C(=O)c1cc(Cl)ccc1Cl. The first-order valence-corrected chi connectivity index (χ1v) is 5.66. The van der Waals surface area contributed by atoms with Crippen LogP contribution in [-0.4, -0.2) is 9.71 Å². The second kappa shape index (κ2) is 4.62. The monoisotopic (exact) mass is 328 g/mol. The number of carbonyl (C=O) groups is 1. The molecule has 0 bridgehead atoms. The number of halogens is 3. The Morgan fingerprint density at radius 3 is 2.62 bits per heavy atom. The van der Waals surface area contributed by atoms with Crippen LogP contribution in [-0.2, 0) is 0 Å². The first-order chi connectivity index (χ1) is 6.02. The van der Waals surface area contributed by atoms with E-state index in [0.29, 0.717) is 15.6 Å². The number of hydrogen-bond donors (Lipinski definition) is 0. The number of rotatable bonds is 2. The number of hydrogen-bond acceptors (Lipinski definition) is 1. The summed E-state index contributed by atoms with van der Waals surface area (Å²) in [5.74, 6) is 0.00750. The first-order valence-electron chi connectivity index (χ1n) is 3.65.